The Hall–Kier alpha value is -2.45. The molecule has 1 saturated heterocycles. The largest absolute Gasteiger partial charge is 0.492 e. The molecule has 0 aliphatic carbocycles. The zero-order chi connectivity index (χ0) is 15.4. The highest BCUT2D eigenvalue weighted by atomic mass is 19.1. The van der Waals surface area contributed by atoms with Crippen LogP contribution in [0, 0.1) is 23.1 Å². The molecular weight excluding hydrogens is 281 g/mol. The Kier molecular flexibility index (Phi) is 4.31. The minimum Gasteiger partial charge on any atom is -0.492 e. The SMILES string of the molecule is N#Cc1ccc(CN2CC(COc3cccnc3)C2)c(F)c1. The van der Waals surface area contributed by atoms with Gasteiger partial charge < -0.3 is 4.74 Å². The van der Waals surface area contributed by atoms with Crippen molar-refractivity contribution >= 4 is 0 Å². The summed E-state index contributed by atoms with van der Waals surface area (Å²) in [6.07, 6.45) is 3.41. The number of benzene rings is 1. The van der Waals surface area contributed by atoms with Gasteiger partial charge in [-0.15, -0.1) is 0 Å². The van der Waals surface area contributed by atoms with E-state index >= 15 is 0 Å². The molecule has 1 aliphatic rings. The zero-order valence-electron chi connectivity index (χ0n) is 12.1. The summed E-state index contributed by atoms with van der Waals surface area (Å²) in [6.45, 7) is 3.00. The highest BCUT2D eigenvalue weighted by Crippen LogP contribution is 2.21. The second kappa shape index (κ2) is 6.54. The predicted octanol–water partition coefficient (Wildman–Crippen LogP) is 2.60. The van der Waals surface area contributed by atoms with Crippen molar-refractivity contribution in [3.63, 3.8) is 0 Å². The van der Waals surface area contributed by atoms with Crippen LogP contribution >= 0.6 is 0 Å². The Balaban J connectivity index is 1.45. The molecule has 1 aliphatic heterocycles. The molecule has 0 amide bonds. The van der Waals surface area contributed by atoms with Crippen LogP contribution in [-0.2, 0) is 6.54 Å². The summed E-state index contributed by atoms with van der Waals surface area (Å²) in [5, 5.41) is 8.73. The number of halogens is 1. The van der Waals surface area contributed by atoms with Crippen molar-refractivity contribution in [1.82, 2.24) is 9.88 Å². The number of pyridine rings is 1. The van der Waals surface area contributed by atoms with E-state index in [2.05, 4.69) is 9.88 Å². The molecular formula is C17H16FN3O. The molecule has 1 aromatic carbocycles. The van der Waals surface area contributed by atoms with Gasteiger partial charge in [0.15, 0.2) is 0 Å². The molecule has 22 heavy (non-hydrogen) atoms. The van der Waals surface area contributed by atoms with Crippen LogP contribution in [0.3, 0.4) is 0 Å². The molecule has 2 heterocycles. The van der Waals surface area contributed by atoms with E-state index in [9.17, 15) is 4.39 Å². The quantitative estimate of drug-likeness (QED) is 0.851. The highest BCUT2D eigenvalue weighted by Gasteiger charge is 2.27. The van der Waals surface area contributed by atoms with E-state index in [1.165, 1.54) is 6.07 Å². The molecule has 112 valence electrons. The van der Waals surface area contributed by atoms with Crippen molar-refractivity contribution in [1.29, 1.82) is 5.26 Å². The number of nitrogens with zero attached hydrogens (tertiary/aromatic N) is 3. The minimum atomic E-state index is -0.311. The molecule has 0 radical (unpaired) electrons. The fourth-order valence-electron chi connectivity index (χ4n) is 2.54. The van der Waals surface area contributed by atoms with E-state index in [-0.39, 0.29) is 5.82 Å². The van der Waals surface area contributed by atoms with E-state index in [0.29, 0.717) is 30.2 Å². The molecule has 0 spiro atoms. The Labute approximate surface area is 128 Å². The third kappa shape index (κ3) is 3.41. The maximum absolute atomic E-state index is 13.8. The van der Waals surface area contributed by atoms with E-state index in [1.54, 1.807) is 24.5 Å². The average Bonchev–Trinajstić information content (AvgIpc) is 2.51. The van der Waals surface area contributed by atoms with Crippen LogP contribution in [0.4, 0.5) is 4.39 Å². The fourth-order valence-corrected chi connectivity index (χ4v) is 2.54. The monoisotopic (exact) mass is 297 g/mol. The molecule has 0 N–H and O–H groups in total. The Morgan fingerprint density at radius 2 is 2.23 bits per heavy atom. The van der Waals surface area contributed by atoms with Gasteiger partial charge in [-0.1, -0.05) is 6.07 Å². The first-order valence-corrected chi connectivity index (χ1v) is 7.18. The number of nitriles is 1. The van der Waals surface area contributed by atoms with Crippen LogP contribution in [0.1, 0.15) is 11.1 Å². The van der Waals surface area contributed by atoms with E-state index < -0.39 is 0 Å². The smallest absolute Gasteiger partial charge is 0.137 e. The highest BCUT2D eigenvalue weighted by molar-refractivity contribution is 5.32. The molecule has 5 heteroatoms. The van der Waals surface area contributed by atoms with Crippen molar-refractivity contribution in [3.05, 3.63) is 59.7 Å². The molecule has 4 nitrogen and oxygen atoms in total. The van der Waals surface area contributed by atoms with E-state index in [1.807, 2.05) is 18.2 Å². The Morgan fingerprint density at radius 1 is 1.36 bits per heavy atom. The van der Waals surface area contributed by atoms with Crippen molar-refractivity contribution < 1.29 is 9.13 Å². The Morgan fingerprint density at radius 3 is 2.91 bits per heavy atom. The number of hydrogen-bond acceptors (Lipinski definition) is 4. The summed E-state index contributed by atoms with van der Waals surface area (Å²) in [5.41, 5.74) is 0.984. The third-order valence-electron chi connectivity index (χ3n) is 3.73. The first kappa shape index (κ1) is 14.5. The summed E-state index contributed by atoms with van der Waals surface area (Å²) < 4.78 is 19.5. The standard InChI is InChI=1S/C17H16FN3O/c18-17-6-13(7-19)3-4-15(17)11-21-9-14(10-21)12-22-16-2-1-5-20-8-16/h1-6,8,14H,9-12H2. The van der Waals surface area contributed by atoms with Crippen LogP contribution in [0.2, 0.25) is 0 Å². The normalized spacial score (nSPS) is 15.1. The van der Waals surface area contributed by atoms with Crippen molar-refractivity contribution in [2.45, 2.75) is 6.54 Å². The molecule has 0 saturated carbocycles. The van der Waals surface area contributed by atoms with Crippen LogP contribution in [0.25, 0.3) is 0 Å². The van der Waals surface area contributed by atoms with Gasteiger partial charge in [-0.05, 0) is 24.3 Å². The van der Waals surface area contributed by atoms with Crippen molar-refractivity contribution in [2.24, 2.45) is 5.92 Å². The lowest BCUT2D eigenvalue weighted by molar-refractivity contribution is 0.0548. The third-order valence-corrected chi connectivity index (χ3v) is 3.73. The first-order valence-electron chi connectivity index (χ1n) is 7.18. The maximum Gasteiger partial charge on any atom is 0.137 e. The van der Waals surface area contributed by atoms with Gasteiger partial charge in [-0.3, -0.25) is 9.88 Å². The summed E-state index contributed by atoms with van der Waals surface area (Å²) >= 11 is 0. The number of rotatable bonds is 5. The lowest BCUT2D eigenvalue weighted by atomic mass is 10.00. The van der Waals surface area contributed by atoms with E-state index in [0.717, 1.165) is 18.8 Å². The summed E-state index contributed by atoms with van der Waals surface area (Å²) in [7, 11) is 0. The Bertz CT molecular complexity index is 678. The fraction of sp³-hybridized carbons (Fsp3) is 0.294. The van der Waals surface area contributed by atoms with Crippen LogP contribution in [-0.4, -0.2) is 29.6 Å². The van der Waals surface area contributed by atoms with Crippen molar-refractivity contribution in [2.75, 3.05) is 19.7 Å². The van der Waals surface area contributed by atoms with Crippen LogP contribution in [0.15, 0.2) is 42.7 Å². The summed E-state index contributed by atoms with van der Waals surface area (Å²) in [6, 6.07) is 10.3. The zero-order valence-corrected chi connectivity index (χ0v) is 12.1. The van der Waals surface area contributed by atoms with E-state index in [4.69, 9.17) is 10.00 Å². The first-order chi connectivity index (χ1) is 10.7. The van der Waals surface area contributed by atoms with Crippen molar-refractivity contribution in [3.8, 4) is 11.8 Å². The second-order valence-electron chi connectivity index (χ2n) is 5.48. The molecule has 1 aromatic heterocycles. The average molecular weight is 297 g/mol. The summed E-state index contributed by atoms with van der Waals surface area (Å²) in [5.74, 6) is 0.926. The van der Waals surface area contributed by atoms with Gasteiger partial charge in [0.2, 0.25) is 0 Å². The van der Waals surface area contributed by atoms with Crippen LogP contribution in [0.5, 0.6) is 5.75 Å². The topological polar surface area (TPSA) is 49.2 Å². The molecule has 0 atom stereocenters. The van der Waals surface area contributed by atoms with Crippen LogP contribution < -0.4 is 4.74 Å². The second-order valence-corrected chi connectivity index (χ2v) is 5.48. The van der Waals surface area contributed by atoms with Gasteiger partial charge in [-0.25, -0.2) is 4.39 Å². The van der Waals surface area contributed by atoms with Gasteiger partial charge in [0, 0.05) is 37.3 Å². The van der Waals surface area contributed by atoms with Gasteiger partial charge in [-0.2, -0.15) is 5.26 Å². The number of ether oxygens (including phenoxy) is 1. The predicted molar refractivity (Wildman–Crippen MR) is 79.6 cm³/mol. The minimum absolute atomic E-state index is 0.311. The number of likely N-dealkylation sites (tertiary alicyclic amines) is 1. The molecule has 0 bridgehead atoms. The number of hydrogen-bond donors (Lipinski definition) is 0. The molecule has 3 rings (SSSR count). The molecule has 0 unspecified atom stereocenters. The van der Waals surface area contributed by atoms with Gasteiger partial charge in [0.05, 0.1) is 24.4 Å². The lowest BCUT2D eigenvalue weighted by Gasteiger charge is -2.39. The molecule has 2 aromatic rings. The molecule has 1 fully saturated rings. The maximum atomic E-state index is 13.8. The number of aromatic nitrogens is 1. The lowest BCUT2D eigenvalue weighted by Crippen LogP contribution is -2.48. The van der Waals surface area contributed by atoms with Gasteiger partial charge >= 0.3 is 0 Å². The van der Waals surface area contributed by atoms with Gasteiger partial charge in [0.1, 0.15) is 11.6 Å². The summed E-state index contributed by atoms with van der Waals surface area (Å²) in [4.78, 5) is 6.17. The van der Waals surface area contributed by atoms with Gasteiger partial charge in [0.25, 0.3) is 0 Å².